The lowest BCUT2D eigenvalue weighted by molar-refractivity contribution is -0.122. The van der Waals surface area contributed by atoms with E-state index in [-0.39, 0.29) is 11.3 Å². The molecule has 0 aliphatic rings. The number of hydrogen-bond donors (Lipinski definition) is 1. The van der Waals surface area contributed by atoms with E-state index < -0.39 is 6.10 Å². The average Bonchev–Trinajstić information content (AvgIpc) is 2.56. The van der Waals surface area contributed by atoms with Crippen LogP contribution in [0, 0.1) is 0 Å². The van der Waals surface area contributed by atoms with Gasteiger partial charge in [0.15, 0.2) is 6.10 Å². The molecule has 2 aromatic rings. The highest BCUT2D eigenvalue weighted by molar-refractivity contribution is 9.10. The molecule has 3 nitrogen and oxygen atoms in total. The topological polar surface area (TPSA) is 38.3 Å². The van der Waals surface area contributed by atoms with Crippen LogP contribution in [0.25, 0.3) is 0 Å². The predicted octanol–water partition coefficient (Wildman–Crippen LogP) is 5.72. The normalized spacial score (nSPS) is 12.6. The Hall–Kier alpha value is -1.81. The fourth-order valence-corrected chi connectivity index (χ4v) is 2.86. The number of ether oxygens (including phenoxy) is 1. The highest BCUT2D eigenvalue weighted by Gasteiger charge is 2.18. The Kier molecular flexibility index (Phi) is 6.28. The third kappa shape index (κ3) is 5.33. The zero-order chi connectivity index (χ0) is 18.6. The molecule has 0 spiro atoms. The molecule has 1 atom stereocenters. The average molecular weight is 404 g/mol. The highest BCUT2D eigenvalue weighted by Crippen LogP contribution is 2.30. The molecule has 0 aliphatic heterocycles. The molecule has 1 unspecified atom stereocenters. The van der Waals surface area contributed by atoms with Gasteiger partial charge in [-0.15, -0.1) is 0 Å². The molecular weight excluding hydrogens is 378 g/mol. The third-order valence-electron chi connectivity index (χ3n) is 4.11. The standard InChI is InChI=1S/C21H26BrNO2/c1-6-15-7-10-17(11-8-15)25-14(2)20(24)23-19-12-9-16(13-18(19)22)21(3,4)5/h7-14H,6H2,1-5H3,(H,23,24). The summed E-state index contributed by atoms with van der Waals surface area (Å²) in [5, 5.41) is 2.92. The van der Waals surface area contributed by atoms with Gasteiger partial charge in [0, 0.05) is 4.47 Å². The maximum atomic E-state index is 12.4. The van der Waals surface area contributed by atoms with Crippen molar-refractivity contribution < 1.29 is 9.53 Å². The molecule has 134 valence electrons. The van der Waals surface area contributed by atoms with Gasteiger partial charge in [-0.25, -0.2) is 0 Å². The minimum absolute atomic E-state index is 0.0616. The van der Waals surface area contributed by atoms with Gasteiger partial charge in [0.25, 0.3) is 5.91 Å². The van der Waals surface area contributed by atoms with E-state index >= 15 is 0 Å². The molecule has 4 heteroatoms. The third-order valence-corrected chi connectivity index (χ3v) is 4.76. The van der Waals surface area contributed by atoms with Gasteiger partial charge < -0.3 is 10.1 Å². The monoisotopic (exact) mass is 403 g/mol. The zero-order valence-electron chi connectivity index (χ0n) is 15.5. The Balaban J connectivity index is 2.03. The maximum absolute atomic E-state index is 12.4. The number of carbonyl (C=O) groups excluding carboxylic acids is 1. The molecule has 2 aromatic carbocycles. The van der Waals surface area contributed by atoms with Crippen molar-refractivity contribution in [2.75, 3.05) is 5.32 Å². The highest BCUT2D eigenvalue weighted by atomic mass is 79.9. The molecule has 0 radical (unpaired) electrons. The summed E-state index contributed by atoms with van der Waals surface area (Å²) in [6, 6.07) is 13.8. The smallest absolute Gasteiger partial charge is 0.265 e. The van der Waals surface area contributed by atoms with Crippen LogP contribution in [0.2, 0.25) is 0 Å². The van der Waals surface area contributed by atoms with E-state index in [0.717, 1.165) is 16.6 Å². The number of halogens is 1. The molecule has 0 fully saturated rings. The number of aryl methyl sites for hydroxylation is 1. The Morgan fingerprint density at radius 2 is 1.80 bits per heavy atom. The molecule has 0 saturated heterocycles. The van der Waals surface area contributed by atoms with Crippen LogP contribution in [0.5, 0.6) is 5.75 Å². The van der Waals surface area contributed by atoms with Crippen molar-refractivity contribution in [3.8, 4) is 5.75 Å². The van der Waals surface area contributed by atoms with Gasteiger partial charge >= 0.3 is 0 Å². The summed E-state index contributed by atoms with van der Waals surface area (Å²) in [4.78, 5) is 12.4. The summed E-state index contributed by atoms with van der Waals surface area (Å²) < 4.78 is 6.61. The molecule has 1 N–H and O–H groups in total. The van der Waals surface area contributed by atoms with Gasteiger partial charge in [-0.1, -0.05) is 45.9 Å². The summed E-state index contributed by atoms with van der Waals surface area (Å²) in [6.07, 6.45) is 0.399. The lowest BCUT2D eigenvalue weighted by Gasteiger charge is -2.21. The first kappa shape index (κ1) is 19.5. The number of hydrogen-bond acceptors (Lipinski definition) is 2. The van der Waals surface area contributed by atoms with E-state index in [1.165, 1.54) is 11.1 Å². The van der Waals surface area contributed by atoms with Crippen molar-refractivity contribution >= 4 is 27.5 Å². The van der Waals surface area contributed by atoms with Crippen LogP contribution in [0.15, 0.2) is 46.9 Å². The van der Waals surface area contributed by atoms with Crippen molar-refractivity contribution in [3.05, 3.63) is 58.1 Å². The number of amides is 1. The number of benzene rings is 2. The van der Waals surface area contributed by atoms with E-state index in [4.69, 9.17) is 4.74 Å². The molecule has 0 bridgehead atoms. The number of nitrogens with one attached hydrogen (secondary N) is 1. The fraction of sp³-hybridized carbons (Fsp3) is 0.381. The Morgan fingerprint density at radius 1 is 1.16 bits per heavy atom. The Morgan fingerprint density at radius 3 is 2.32 bits per heavy atom. The molecule has 0 aliphatic carbocycles. The van der Waals surface area contributed by atoms with Gasteiger partial charge in [0.05, 0.1) is 5.69 Å². The van der Waals surface area contributed by atoms with Crippen molar-refractivity contribution in [2.45, 2.75) is 52.6 Å². The second-order valence-electron chi connectivity index (χ2n) is 7.19. The first-order chi connectivity index (χ1) is 11.7. The van der Waals surface area contributed by atoms with Gasteiger partial charge in [-0.05, 0) is 70.1 Å². The summed E-state index contributed by atoms with van der Waals surface area (Å²) >= 11 is 3.54. The van der Waals surface area contributed by atoms with Crippen LogP contribution in [0.1, 0.15) is 45.7 Å². The first-order valence-corrected chi connectivity index (χ1v) is 9.36. The molecule has 2 rings (SSSR count). The molecule has 1 amide bonds. The zero-order valence-corrected chi connectivity index (χ0v) is 17.1. The van der Waals surface area contributed by atoms with Crippen LogP contribution in [0.4, 0.5) is 5.69 Å². The number of anilines is 1. The summed E-state index contributed by atoms with van der Waals surface area (Å²) in [6.45, 7) is 10.3. The van der Waals surface area contributed by atoms with Crippen molar-refractivity contribution in [1.29, 1.82) is 0 Å². The SMILES string of the molecule is CCc1ccc(OC(C)C(=O)Nc2ccc(C(C)(C)C)cc2Br)cc1. The summed E-state index contributed by atoms with van der Waals surface area (Å²) in [7, 11) is 0. The maximum Gasteiger partial charge on any atom is 0.265 e. The first-order valence-electron chi connectivity index (χ1n) is 8.57. The van der Waals surface area contributed by atoms with Crippen molar-refractivity contribution in [1.82, 2.24) is 0 Å². The van der Waals surface area contributed by atoms with Gasteiger partial charge in [-0.3, -0.25) is 4.79 Å². The van der Waals surface area contributed by atoms with Crippen LogP contribution in [-0.4, -0.2) is 12.0 Å². The minimum atomic E-state index is -0.582. The quantitative estimate of drug-likeness (QED) is 0.693. The van der Waals surface area contributed by atoms with Gasteiger partial charge in [0.2, 0.25) is 0 Å². The number of rotatable bonds is 5. The lowest BCUT2D eigenvalue weighted by atomic mass is 9.87. The number of carbonyl (C=O) groups is 1. The minimum Gasteiger partial charge on any atom is -0.481 e. The molecular formula is C21H26BrNO2. The molecule has 0 heterocycles. The summed E-state index contributed by atoms with van der Waals surface area (Å²) in [5.74, 6) is 0.519. The summed E-state index contributed by atoms with van der Waals surface area (Å²) in [5.41, 5.74) is 3.26. The van der Waals surface area contributed by atoms with Gasteiger partial charge in [-0.2, -0.15) is 0 Å². The predicted molar refractivity (Wildman–Crippen MR) is 107 cm³/mol. The van der Waals surface area contributed by atoms with Gasteiger partial charge in [0.1, 0.15) is 5.75 Å². The molecule has 0 saturated carbocycles. The molecule has 25 heavy (non-hydrogen) atoms. The lowest BCUT2D eigenvalue weighted by Crippen LogP contribution is -2.30. The van der Waals surface area contributed by atoms with Crippen molar-refractivity contribution in [3.63, 3.8) is 0 Å². The van der Waals surface area contributed by atoms with Crippen LogP contribution in [0.3, 0.4) is 0 Å². The fourth-order valence-electron chi connectivity index (χ4n) is 2.38. The largest absolute Gasteiger partial charge is 0.481 e. The van der Waals surface area contributed by atoms with E-state index in [1.807, 2.05) is 42.5 Å². The molecule has 0 aromatic heterocycles. The van der Waals surface area contributed by atoms with Crippen LogP contribution >= 0.6 is 15.9 Å². The second-order valence-corrected chi connectivity index (χ2v) is 8.05. The van der Waals surface area contributed by atoms with E-state index in [0.29, 0.717) is 5.75 Å². The Labute approximate surface area is 158 Å². The Bertz CT molecular complexity index is 733. The van der Waals surface area contributed by atoms with Crippen LogP contribution in [-0.2, 0) is 16.6 Å². The van der Waals surface area contributed by atoms with Crippen molar-refractivity contribution in [2.24, 2.45) is 0 Å². The second kappa shape index (κ2) is 8.05. The van der Waals surface area contributed by atoms with E-state index in [2.05, 4.69) is 48.9 Å². The van der Waals surface area contributed by atoms with E-state index in [9.17, 15) is 4.79 Å². The van der Waals surface area contributed by atoms with E-state index in [1.54, 1.807) is 6.92 Å². The van der Waals surface area contributed by atoms with Crippen LogP contribution < -0.4 is 10.1 Å².